The quantitative estimate of drug-likeness (QED) is 0.887. The van der Waals surface area contributed by atoms with E-state index in [2.05, 4.69) is 20.6 Å². The first-order chi connectivity index (χ1) is 10.1. The van der Waals surface area contributed by atoms with Crippen LogP contribution >= 0.6 is 0 Å². The Morgan fingerprint density at radius 2 is 2.10 bits per heavy atom. The Labute approximate surface area is 122 Å². The Kier molecular flexibility index (Phi) is 4.81. The molecule has 1 amide bonds. The van der Waals surface area contributed by atoms with E-state index in [-0.39, 0.29) is 11.5 Å². The van der Waals surface area contributed by atoms with E-state index >= 15 is 0 Å². The van der Waals surface area contributed by atoms with Gasteiger partial charge in [-0.2, -0.15) is 0 Å². The first-order valence-electron chi connectivity index (χ1n) is 6.73. The van der Waals surface area contributed by atoms with E-state index in [0.717, 1.165) is 13.0 Å². The molecule has 0 radical (unpaired) electrons. The zero-order valence-electron chi connectivity index (χ0n) is 12.0. The highest BCUT2D eigenvalue weighted by atomic mass is 19.1. The minimum Gasteiger partial charge on any atom is -0.369 e. The van der Waals surface area contributed by atoms with Gasteiger partial charge in [-0.1, -0.05) is 13.0 Å². The lowest BCUT2D eigenvalue weighted by molar-refractivity contribution is 0.102. The fourth-order valence-electron chi connectivity index (χ4n) is 1.66. The smallest absolute Gasteiger partial charge is 0.275 e. The third kappa shape index (κ3) is 3.98. The van der Waals surface area contributed by atoms with Crippen LogP contribution in [-0.4, -0.2) is 22.4 Å². The second-order valence-corrected chi connectivity index (χ2v) is 4.63. The molecule has 21 heavy (non-hydrogen) atoms. The van der Waals surface area contributed by atoms with Crippen molar-refractivity contribution in [2.24, 2.45) is 0 Å². The number of hydrogen-bond acceptors (Lipinski definition) is 4. The van der Waals surface area contributed by atoms with E-state index in [0.29, 0.717) is 17.1 Å². The molecule has 0 saturated heterocycles. The summed E-state index contributed by atoms with van der Waals surface area (Å²) in [7, 11) is 0. The molecule has 0 unspecified atom stereocenters. The molecule has 1 heterocycles. The highest BCUT2D eigenvalue weighted by molar-refractivity contribution is 6.02. The number of amides is 1. The van der Waals surface area contributed by atoms with Crippen molar-refractivity contribution in [3.05, 3.63) is 47.7 Å². The highest BCUT2D eigenvalue weighted by Gasteiger charge is 2.09. The molecule has 6 heteroatoms. The summed E-state index contributed by atoms with van der Waals surface area (Å²) in [5.74, 6) is -0.166. The summed E-state index contributed by atoms with van der Waals surface area (Å²) in [4.78, 5) is 20.1. The Bertz CT molecular complexity index is 628. The third-order valence-electron chi connectivity index (χ3n) is 2.87. The van der Waals surface area contributed by atoms with Gasteiger partial charge in [0.05, 0.1) is 12.4 Å². The van der Waals surface area contributed by atoms with Gasteiger partial charge >= 0.3 is 0 Å². The van der Waals surface area contributed by atoms with Crippen LogP contribution in [0.4, 0.5) is 15.9 Å². The topological polar surface area (TPSA) is 66.9 Å². The molecular formula is C15H17FN4O. The van der Waals surface area contributed by atoms with Crippen molar-refractivity contribution in [3.63, 3.8) is 0 Å². The molecule has 0 atom stereocenters. The van der Waals surface area contributed by atoms with E-state index in [1.165, 1.54) is 18.5 Å². The monoisotopic (exact) mass is 288 g/mol. The van der Waals surface area contributed by atoms with Gasteiger partial charge in [0.1, 0.15) is 17.3 Å². The van der Waals surface area contributed by atoms with Crippen LogP contribution in [0.5, 0.6) is 0 Å². The Balaban J connectivity index is 2.04. The van der Waals surface area contributed by atoms with Crippen molar-refractivity contribution < 1.29 is 9.18 Å². The highest BCUT2D eigenvalue weighted by Crippen LogP contribution is 2.14. The number of aryl methyl sites for hydroxylation is 1. The average molecular weight is 288 g/mol. The molecule has 0 bridgehead atoms. The number of hydrogen-bond donors (Lipinski definition) is 2. The van der Waals surface area contributed by atoms with E-state index < -0.39 is 5.91 Å². The van der Waals surface area contributed by atoms with Gasteiger partial charge in [-0.3, -0.25) is 4.79 Å². The number of rotatable bonds is 5. The molecule has 0 saturated carbocycles. The van der Waals surface area contributed by atoms with Crippen LogP contribution in [-0.2, 0) is 0 Å². The van der Waals surface area contributed by atoms with Gasteiger partial charge in [0.25, 0.3) is 5.91 Å². The number of carbonyl (C=O) groups is 1. The average Bonchev–Trinajstić information content (AvgIpc) is 2.49. The van der Waals surface area contributed by atoms with Crippen LogP contribution < -0.4 is 10.6 Å². The van der Waals surface area contributed by atoms with Gasteiger partial charge in [0.15, 0.2) is 0 Å². The summed E-state index contributed by atoms with van der Waals surface area (Å²) in [5, 5.41) is 5.66. The second kappa shape index (κ2) is 6.78. The van der Waals surface area contributed by atoms with Crippen LogP contribution in [0.2, 0.25) is 0 Å². The standard InChI is InChI=1S/C15H17FN4O/c1-3-6-17-14-9-18-13(8-19-14)15(21)20-11-5-4-10(2)12(16)7-11/h4-5,7-9H,3,6H2,1-2H3,(H,17,19)(H,20,21). The van der Waals surface area contributed by atoms with E-state index in [1.54, 1.807) is 19.1 Å². The summed E-state index contributed by atoms with van der Waals surface area (Å²) >= 11 is 0. The Morgan fingerprint density at radius 1 is 1.29 bits per heavy atom. The summed E-state index contributed by atoms with van der Waals surface area (Å²) in [6.45, 7) is 4.50. The molecule has 0 aliphatic carbocycles. The lowest BCUT2D eigenvalue weighted by Gasteiger charge is -2.07. The van der Waals surface area contributed by atoms with Crippen LogP contribution in [0.15, 0.2) is 30.6 Å². The minimum absolute atomic E-state index is 0.179. The fourth-order valence-corrected chi connectivity index (χ4v) is 1.66. The predicted octanol–water partition coefficient (Wildman–Crippen LogP) is 3.00. The van der Waals surface area contributed by atoms with Crippen molar-refractivity contribution in [2.45, 2.75) is 20.3 Å². The van der Waals surface area contributed by atoms with Crippen molar-refractivity contribution in [1.29, 1.82) is 0 Å². The van der Waals surface area contributed by atoms with E-state index in [1.807, 2.05) is 6.92 Å². The Morgan fingerprint density at radius 3 is 2.71 bits per heavy atom. The van der Waals surface area contributed by atoms with Crippen LogP contribution in [0.1, 0.15) is 29.4 Å². The molecule has 0 aliphatic rings. The predicted molar refractivity (Wildman–Crippen MR) is 79.9 cm³/mol. The SMILES string of the molecule is CCCNc1cnc(C(=O)Nc2ccc(C)c(F)c2)cn1. The fraction of sp³-hybridized carbons (Fsp3) is 0.267. The molecule has 1 aromatic heterocycles. The molecule has 0 spiro atoms. The van der Waals surface area contributed by atoms with Gasteiger partial charge in [0, 0.05) is 12.2 Å². The molecule has 2 rings (SSSR count). The summed E-state index contributed by atoms with van der Waals surface area (Å²) in [5.41, 5.74) is 1.09. The lowest BCUT2D eigenvalue weighted by Crippen LogP contribution is -2.14. The molecule has 0 aliphatic heterocycles. The number of anilines is 2. The van der Waals surface area contributed by atoms with Gasteiger partial charge in [-0.25, -0.2) is 14.4 Å². The van der Waals surface area contributed by atoms with Crippen LogP contribution in [0.3, 0.4) is 0 Å². The van der Waals surface area contributed by atoms with Gasteiger partial charge in [0.2, 0.25) is 0 Å². The lowest BCUT2D eigenvalue weighted by atomic mass is 10.2. The van der Waals surface area contributed by atoms with E-state index in [9.17, 15) is 9.18 Å². The van der Waals surface area contributed by atoms with Gasteiger partial charge in [-0.15, -0.1) is 0 Å². The molecule has 0 fully saturated rings. The summed E-state index contributed by atoms with van der Waals surface area (Å²) in [6, 6.07) is 4.52. The largest absolute Gasteiger partial charge is 0.369 e. The number of nitrogens with one attached hydrogen (secondary N) is 2. The number of halogens is 1. The zero-order valence-corrected chi connectivity index (χ0v) is 12.0. The first-order valence-corrected chi connectivity index (χ1v) is 6.73. The van der Waals surface area contributed by atoms with Crippen LogP contribution in [0.25, 0.3) is 0 Å². The number of aromatic nitrogens is 2. The van der Waals surface area contributed by atoms with Crippen molar-refractivity contribution in [1.82, 2.24) is 9.97 Å². The third-order valence-corrected chi connectivity index (χ3v) is 2.87. The zero-order chi connectivity index (χ0) is 15.2. The van der Waals surface area contributed by atoms with Gasteiger partial charge in [-0.05, 0) is 31.0 Å². The maximum absolute atomic E-state index is 13.4. The summed E-state index contributed by atoms with van der Waals surface area (Å²) < 4.78 is 13.4. The van der Waals surface area contributed by atoms with Crippen molar-refractivity contribution >= 4 is 17.4 Å². The molecular weight excluding hydrogens is 271 g/mol. The normalized spacial score (nSPS) is 10.2. The van der Waals surface area contributed by atoms with Crippen LogP contribution in [0, 0.1) is 12.7 Å². The summed E-state index contributed by atoms with van der Waals surface area (Å²) in [6.07, 6.45) is 3.86. The number of benzene rings is 1. The molecule has 1 aromatic carbocycles. The Hall–Kier alpha value is -2.50. The minimum atomic E-state index is -0.423. The second-order valence-electron chi connectivity index (χ2n) is 4.63. The number of carbonyl (C=O) groups excluding carboxylic acids is 1. The number of nitrogens with zero attached hydrogens (tertiary/aromatic N) is 2. The molecule has 5 nitrogen and oxygen atoms in total. The van der Waals surface area contributed by atoms with Crippen molar-refractivity contribution in [2.75, 3.05) is 17.2 Å². The molecule has 2 aromatic rings. The van der Waals surface area contributed by atoms with Crippen molar-refractivity contribution in [3.8, 4) is 0 Å². The first kappa shape index (κ1) is 14.9. The molecule has 2 N–H and O–H groups in total. The molecule has 110 valence electrons. The van der Waals surface area contributed by atoms with E-state index in [4.69, 9.17) is 0 Å². The van der Waals surface area contributed by atoms with Gasteiger partial charge < -0.3 is 10.6 Å². The maximum atomic E-state index is 13.4. The maximum Gasteiger partial charge on any atom is 0.275 e.